The molecule has 1 aliphatic rings. The first kappa shape index (κ1) is 13.0. The quantitative estimate of drug-likeness (QED) is 0.412. The summed E-state index contributed by atoms with van der Waals surface area (Å²) in [6.45, 7) is -0.114. The summed E-state index contributed by atoms with van der Waals surface area (Å²) in [6, 6.07) is 0. The molecule has 0 amide bonds. The fraction of sp³-hybridized carbons (Fsp3) is 0.778. The molecule has 7 heteroatoms. The number of aliphatic hydroxyl groups excluding tert-OH is 3. The van der Waals surface area contributed by atoms with Crippen molar-refractivity contribution in [1.29, 1.82) is 0 Å². The third kappa shape index (κ3) is 3.24. The number of hydrogen-bond donors (Lipinski definition) is 4. The number of nitrogens with zero attached hydrogens (tertiary/aromatic N) is 3. The van der Waals surface area contributed by atoms with Crippen LogP contribution in [0.2, 0.25) is 0 Å². The first-order valence-electron chi connectivity index (χ1n) is 5.23. The van der Waals surface area contributed by atoms with E-state index in [0.29, 0.717) is 30.9 Å². The lowest BCUT2D eigenvalue weighted by atomic mass is 10.2. The minimum atomic E-state index is -0.370. The molecule has 0 radical (unpaired) electrons. The molecule has 0 fully saturated rings. The van der Waals surface area contributed by atoms with Crippen molar-refractivity contribution in [3.8, 4) is 0 Å². The fourth-order valence-corrected chi connectivity index (χ4v) is 1.47. The average molecular weight is 230 g/mol. The van der Waals surface area contributed by atoms with Gasteiger partial charge in [0.1, 0.15) is 17.8 Å². The van der Waals surface area contributed by atoms with Crippen LogP contribution in [0, 0.1) is 0 Å². The molecule has 0 saturated heterocycles. The van der Waals surface area contributed by atoms with E-state index in [2.05, 4.69) is 9.98 Å². The molecule has 92 valence electrons. The Bertz CT molecular complexity index is 280. The first-order valence-corrected chi connectivity index (χ1v) is 5.23. The highest BCUT2D eigenvalue weighted by Crippen LogP contribution is 2.12. The predicted molar refractivity (Wildman–Crippen MR) is 59.8 cm³/mol. The van der Waals surface area contributed by atoms with Crippen LogP contribution < -0.4 is 5.84 Å². The van der Waals surface area contributed by atoms with Crippen molar-refractivity contribution in [2.24, 2.45) is 15.8 Å². The maximum atomic E-state index is 8.88. The van der Waals surface area contributed by atoms with E-state index < -0.39 is 0 Å². The molecule has 0 spiro atoms. The van der Waals surface area contributed by atoms with Crippen LogP contribution in [0.3, 0.4) is 0 Å². The Kier molecular flexibility index (Phi) is 5.33. The van der Waals surface area contributed by atoms with Gasteiger partial charge in [0, 0.05) is 25.9 Å². The number of aliphatic hydroxyl groups is 3. The lowest BCUT2D eigenvalue weighted by molar-refractivity contribution is 0.216. The standard InChI is InChI=1S/C9H18N4O3/c10-13-8(2-5-15)11-7(1-4-14)12-9(13)3-6-16/h8,14-16H,1-6,10H2. The molecule has 1 unspecified atom stereocenters. The number of rotatable bonds is 6. The summed E-state index contributed by atoms with van der Waals surface area (Å²) in [4.78, 5) is 8.34. The second-order valence-corrected chi connectivity index (χ2v) is 3.42. The predicted octanol–water partition coefficient (Wildman–Crippen LogP) is -1.55. The van der Waals surface area contributed by atoms with Gasteiger partial charge in [-0.1, -0.05) is 0 Å². The topological polar surface area (TPSA) is 115 Å². The van der Waals surface area contributed by atoms with E-state index in [-0.39, 0.29) is 26.0 Å². The maximum Gasteiger partial charge on any atom is 0.140 e. The lowest BCUT2D eigenvalue weighted by Crippen LogP contribution is -2.48. The Morgan fingerprint density at radius 2 is 1.81 bits per heavy atom. The fourth-order valence-electron chi connectivity index (χ4n) is 1.47. The van der Waals surface area contributed by atoms with Crippen molar-refractivity contribution in [2.75, 3.05) is 19.8 Å². The van der Waals surface area contributed by atoms with Gasteiger partial charge in [0.25, 0.3) is 0 Å². The molecular formula is C9H18N4O3. The van der Waals surface area contributed by atoms with Crippen LogP contribution in [-0.2, 0) is 0 Å². The molecular weight excluding hydrogens is 212 g/mol. The van der Waals surface area contributed by atoms with Crippen molar-refractivity contribution in [2.45, 2.75) is 25.4 Å². The molecule has 1 rings (SSSR count). The van der Waals surface area contributed by atoms with Gasteiger partial charge >= 0.3 is 0 Å². The summed E-state index contributed by atoms with van der Waals surface area (Å²) < 4.78 is 0. The van der Waals surface area contributed by atoms with Crippen molar-refractivity contribution >= 4 is 11.7 Å². The summed E-state index contributed by atoms with van der Waals surface area (Å²) in [5.41, 5.74) is 0. The number of nitrogens with two attached hydrogens (primary N) is 1. The van der Waals surface area contributed by atoms with E-state index >= 15 is 0 Å². The zero-order chi connectivity index (χ0) is 12.0. The maximum absolute atomic E-state index is 8.88. The zero-order valence-electron chi connectivity index (χ0n) is 9.08. The second kappa shape index (κ2) is 6.54. The molecule has 0 aliphatic carbocycles. The summed E-state index contributed by atoms with van der Waals surface area (Å²) in [5, 5.41) is 27.9. The van der Waals surface area contributed by atoms with Gasteiger partial charge in [-0.3, -0.25) is 5.01 Å². The van der Waals surface area contributed by atoms with Crippen LogP contribution in [0.5, 0.6) is 0 Å². The Morgan fingerprint density at radius 1 is 1.12 bits per heavy atom. The van der Waals surface area contributed by atoms with Crippen LogP contribution >= 0.6 is 0 Å². The van der Waals surface area contributed by atoms with Crippen LogP contribution in [0.25, 0.3) is 0 Å². The molecule has 0 bridgehead atoms. The van der Waals surface area contributed by atoms with Gasteiger partial charge in [-0.05, 0) is 0 Å². The molecule has 16 heavy (non-hydrogen) atoms. The minimum Gasteiger partial charge on any atom is -0.396 e. The van der Waals surface area contributed by atoms with Gasteiger partial charge in [-0.15, -0.1) is 0 Å². The van der Waals surface area contributed by atoms with Crippen LogP contribution in [0.1, 0.15) is 19.3 Å². The summed E-state index contributed by atoms with van der Waals surface area (Å²) in [6.07, 6.45) is 0.717. The van der Waals surface area contributed by atoms with Crippen LogP contribution in [-0.4, -0.2) is 58.0 Å². The SMILES string of the molecule is NN1C(CCO)=NC(CCO)=NC1CCO. The van der Waals surface area contributed by atoms with Gasteiger partial charge in [-0.2, -0.15) is 0 Å². The van der Waals surface area contributed by atoms with Gasteiger partial charge in [-0.25, -0.2) is 15.8 Å². The van der Waals surface area contributed by atoms with Crippen LogP contribution in [0.4, 0.5) is 0 Å². The minimum absolute atomic E-state index is 0.0271. The first-order chi connectivity index (χ1) is 7.72. The smallest absolute Gasteiger partial charge is 0.140 e. The molecule has 0 aromatic carbocycles. The van der Waals surface area contributed by atoms with Gasteiger partial charge in [0.2, 0.25) is 0 Å². The number of hydrogen-bond acceptors (Lipinski definition) is 7. The summed E-state index contributed by atoms with van der Waals surface area (Å²) in [7, 11) is 0. The van der Waals surface area contributed by atoms with E-state index in [1.807, 2.05) is 0 Å². The van der Waals surface area contributed by atoms with Crippen molar-refractivity contribution < 1.29 is 15.3 Å². The molecule has 0 saturated carbocycles. The normalized spacial score (nSPS) is 20.8. The Hall–Kier alpha value is -1.02. The highest BCUT2D eigenvalue weighted by Gasteiger charge is 2.22. The molecule has 0 aromatic rings. The Labute approximate surface area is 93.9 Å². The van der Waals surface area contributed by atoms with E-state index in [0.717, 1.165) is 0 Å². The molecule has 0 aromatic heterocycles. The average Bonchev–Trinajstić information content (AvgIpc) is 2.26. The lowest BCUT2D eigenvalue weighted by Gasteiger charge is -2.30. The van der Waals surface area contributed by atoms with Crippen molar-refractivity contribution in [3.63, 3.8) is 0 Å². The highest BCUT2D eigenvalue weighted by atomic mass is 16.3. The largest absolute Gasteiger partial charge is 0.396 e. The molecule has 1 atom stereocenters. The third-order valence-corrected chi connectivity index (χ3v) is 2.23. The van der Waals surface area contributed by atoms with E-state index in [1.54, 1.807) is 0 Å². The van der Waals surface area contributed by atoms with Gasteiger partial charge in [0.05, 0.1) is 13.2 Å². The summed E-state index contributed by atoms with van der Waals surface area (Å²) >= 11 is 0. The second-order valence-electron chi connectivity index (χ2n) is 3.42. The number of aliphatic imine (C=N–C) groups is 2. The van der Waals surface area contributed by atoms with E-state index in [9.17, 15) is 0 Å². The monoisotopic (exact) mass is 230 g/mol. The molecule has 1 heterocycles. The van der Waals surface area contributed by atoms with Crippen molar-refractivity contribution in [1.82, 2.24) is 5.01 Å². The van der Waals surface area contributed by atoms with Gasteiger partial charge in [0.15, 0.2) is 0 Å². The Balaban J connectivity index is 2.79. The van der Waals surface area contributed by atoms with Crippen LogP contribution in [0.15, 0.2) is 9.98 Å². The number of amidine groups is 2. The third-order valence-electron chi connectivity index (χ3n) is 2.23. The van der Waals surface area contributed by atoms with Gasteiger partial charge < -0.3 is 15.3 Å². The summed E-state index contributed by atoms with van der Waals surface area (Å²) in [5.74, 6) is 6.80. The molecule has 7 nitrogen and oxygen atoms in total. The molecule has 5 N–H and O–H groups in total. The molecule has 1 aliphatic heterocycles. The van der Waals surface area contributed by atoms with Crippen molar-refractivity contribution in [3.05, 3.63) is 0 Å². The van der Waals surface area contributed by atoms with E-state index in [4.69, 9.17) is 21.2 Å². The number of hydrazine groups is 1. The van der Waals surface area contributed by atoms with E-state index in [1.165, 1.54) is 5.01 Å². The Morgan fingerprint density at radius 3 is 2.38 bits per heavy atom. The zero-order valence-corrected chi connectivity index (χ0v) is 9.08. The highest BCUT2D eigenvalue weighted by molar-refractivity contribution is 5.98.